The van der Waals surface area contributed by atoms with E-state index in [1.165, 1.54) is 25.8 Å². The molecule has 0 spiro atoms. The van der Waals surface area contributed by atoms with Crippen LogP contribution in [-0.4, -0.2) is 41.3 Å². The number of amides is 1. The minimum absolute atomic E-state index is 0.0635. The van der Waals surface area contributed by atoms with Crippen molar-refractivity contribution in [2.45, 2.75) is 57.3 Å². The quantitative estimate of drug-likeness (QED) is 0.603. The number of alkyl halides is 1. The van der Waals surface area contributed by atoms with Gasteiger partial charge in [0.05, 0.1) is 4.83 Å². The average Bonchev–Trinajstić information content (AvgIpc) is 2.35. The summed E-state index contributed by atoms with van der Waals surface area (Å²) in [4.78, 5) is 14.2. The summed E-state index contributed by atoms with van der Waals surface area (Å²) < 4.78 is 0. The fourth-order valence-corrected chi connectivity index (χ4v) is 2.55. The first-order valence-corrected chi connectivity index (χ1v) is 8.09. The molecular weight excluding hydrogens is 292 g/mol. The molecule has 1 rings (SSSR count). The van der Waals surface area contributed by atoms with Crippen molar-refractivity contribution in [3.8, 4) is 0 Å². The van der Waals surface area contributed by atoms with Crippen LogP contribution in [0.1, 0.15) is 46.5 Å². The van der Waals surface area contributed by atoms with Gasteiger partial charge in [-0.15, -0.1) is 0 Å². The van der Waals surface area contributed by atoms with Gasteiger partial charge in [-0.1, -0.05) is 36.2 Å². The molecule has 1 aliphatic heterocycles. The first-order valence-electron chi connectivity index (χ1n) is 7.18. The average molecular weight is 319 g/mol. The van der Waals surface area contributed by atoms with Crippen LogP contribution in [0.3, 0.4) is 0 Å². The van der Waals surface area contributed by atoms with Crippen molar-refractivity contribution >= 4 is 21.8 Å². The maximum atomic E-state index is 11.7. The molecule has 1 N–H and O–H groups in total. The van der Waals surface area contributed by atoms with E-state index in [9.17, 15) is 4.79 Å². The van der Waals surface area contributed by atoms with Crippen molar-refractivity contribution < 1.29 is 4.79 Å². The van der Waals surface area contributed by atoms with Crippen LogP contribution >= 0.6 is 15.9 Å². The Bertz CT molecular complexity index is 258. The monoisotopic (exact) mass is 318 g/mol. The zero-order valence-electron chi connectivity index (χ0n) is 11.9. The van der Waals surface area contributed by atoms with Gasteiger partial charge in [0.1, 0.15) is 0 Å². The Morgan fingerprint density at radius 2 is 2.17 bits per heavy atom. The normalized spacial score (nSPS) is 23.1. The van der Waals surface area contributed by atoms with E-state index in [4.69, 9.17) is 0 Å². The van der Waals surface area contributed by atoms with E-state index in [-0.39, 0.29) is 10.7 Å². The van der Waals surface area contributed by atoms with Crippen LogP contribution in [0.25, 0.3) is 0 Å². The van der Waals surface area contributed by atoms with Gasteiger partial charge < -0.3 is 10.2 Å². The molecule has 0 radical (unpaired) electrons. The Kier molecular flexibility index (Phi) is 7.23. The maximum absolute atomic E-state index is 11.7. The summed E-state index contributed by atoms with van der Waals surface area (Å²) in [5.41, 5.74) is 0. The van der Waals surface area contributed by atoms with Gasteiger partial charge in [-0.05, 0) is 38.6 Å². The Balaban J connectivity index is 2.12. The number of nitrogens with one attached hydrogen (secondary N) is 1. The van der Waals surface area contributed by atoms with E-state index in [0.29, 0.717) is 12.0 Å². The number of likely N-dealkylation sites (tertiary alicyclic amines) is 1. The number of halogens is 1. The van der Waals surface area contributed by atoms with E-state index in [2.05, 4.69) is 46.9 Å². The zero-order chi connectivity index (χ0) is 13.5. The first-order chi connectivity index (χ1) is 8.52. The van der Waals surface area contributed by atoms with E-state index in [0.717, 1.165) is 19.5 Å². The van der Waals surface area contributed by atoms with E-state index in [1.54, 1.807) is 0 Å². The lowest BCUT2D eigenvalue weighted by Crippen LogP contribution is -2.40. The van der Waals surface area contributed by atoms with Crippen molar-refractivity contribution in [2.24, 2.45) is 5.92 Å². The molecule has 3 nitrogen and oxygen atoms in total. The third-order valence-corrected chi connectivity index (χ3v) is 5.17. The van der Waals surface area contributed by atoms with Gasteiger partial charge in [0.15, 0.2) is 0 Å². The molecule has 106 valence electrons. The smallest absolute Gasteiger partial charge is 0.234 e. The molecule has 18 heavy (non-hydrogen) atoms. The highest BCUT2D eigenvalue weighted by atomic mass is 79.9. The molecule has 0 aromatic carbocycles. The van der Waals surface area contributed by atoms with Crippen LogP contribution < -0.4 is 5.32 Å². The Morgan fingerprint density at radius 1 is 1.44 bits per heavy atom. The highest BCUT2D eigenvalue weighted by Crippen LogP contribution is 2.16. The van der Waals surface area contributed by atoms with E-state index in [1.807, 2.05) is 0 Å². The molecule has 1 aliphatic rings. The molecule has 2 unspecified atom stereocenters. The van der Waals surface area contributed by atoms with Crippen LogP contribution in [-0.2, 0) is 4.79 Å². The second-order valence-electron chi connectivity index (χ2n) is 5.67. The lowest BCUT2D eigenvalue weighted by atomic mass is 10.0. The standard InChI is InChI=1S/C14H27BrN2O/c1-11(2)13(15)14(18)16-8-6-10-17-9-5-4-7-12(17)3/h11-13H,4-10H2,1-3H3,(H,16,18). The second kappa shape index (κ2) is 8.16. The van der Waals surface area contributed by atoms with Crippen LogP contribution in [0.4, 0.5) is 0 Å². The molecule has 0 aromatic heterocycles. The van der Waals surface area contributed by atoms with E-state index < -0.39 is 0 Å². The number of carbonyl (C=O) groups excluding carboxylic acids is 1. The Morgan fingerprint density at radius 3 is 2.78 bits per heavy atom. The Hall–Kier alpha value is -0.0900. The summed E-state index contributed by atoms with van der Waals surface area (Å²) in [7, 11) is 0. The van der Waals surface area contributed by atoms with Crippen LogP contribution in [0.15, 0.2) is 0 Å². The summed E-state index contributed by atoms with van der Waals surface area (Å²) >= 11 is 3.42. The lowest BCUT2D eigenvalue weighted by molar-refractivity contribution is -0.121. The van der Waals surface area contributed by atoms with Crippen molar-refractivity contribution in [1.82, 2.24) is 10.2 Å². The summed E-state index contributed by atoms with van der Waals surface area (Å²) in [6, 6.07) is 0.717. The summed E-state index contributed by atoms with van der Waals surface area (Å²) in [6.45, 7) is 9.53. The van der Waals surface area contributed by atoms with Crippen LogP contribution in [0.5, 0.6) is 0 Å². The maximum Gasteiger partial charge on any atom is 0.234 e. The Labute approximate surface area is 120 Å². The number of carbonyl (C=O) groups is 1. The fourth-order valence-electron chi connectivity index (χ4n) is 2.38. The van der Waals surface area contributed by atoms with Crippen LogP contribution in [0.2, 0.25) is 0 Å². The fraction of sp³-hybridized carbons (Fsp3) is 0.929. The minimum atomic E-state index is -0.0635. The molecular formula is C14H27BrN2O. The molecule has 1 fully saturated rings. The predicted octanol–water partition coefficient (Wildman–Crippen LogP) is 2.79. The molecule has 1 heterocycles. The predicted molar refractivity (Wildman–Crippen MR) is 80.1 cm³/mol. The van der Waals surface area contributed by atoms with Crippen molar-refractivity contribution in [3.05, 3.63) is 0 Å². The molecule has 0 bridgehead atoms. The van der Waals surface area contributed by atoms with Gasteiger partial charge >= 0.3 is 0 Å². The number of hydrogen-bond acceptors (Lipinski definition) is 2. The first kappa shape index (κ1) is 16.0. The summed E-state index contributed by atoms with van der Waals surface area (Å²) in [5, 5.41) is 3.01. The third kappa shape index (κ3) is 5.27. The zero-order valence-corrected chi connectivity index (χ0v) is 13.5. The third-order valence-electron chi connectivity index (χ3n) is 3.70. The minimum Gasteiger partial charge on any atom is -0.355 e. The molecule has 1 amide bonds. The van der Waals surface area contributed by atoms with Crippen molar-refractivity contribution in [2.75, 3.05) is 19.6 Å². The van der Waals surface area contributed by atoms with E-state index >= 15 is 0 Å². The van der Waals surface area contributed by atoms with Crippen molar-refractivity contribution in [1.29, 1.82) is 0 Å². The van der Waals surface area contributed by atoms with Crippen LogP contribution in [0, 0.1) is 5.92 Å². The summed E-state index contributed by atoms with van der Waals surface area (Å²) in [5.74, 6) is 0.462. The number of piperidine rings is 1. The molecule has 0 aromatic rings. The van der Waals surface area contributed by atoms with Gasteiger partial charge in [-0.2, -0.15) is 0 Å². The molecule has 1 saturated heterocycles. The molecule has 4 heteroatoms. The number of rotatable bonds is 6. The number of hydrogen-bond donors (Lipinski definition) is 1. The van der Waals surface area contributed by atoms with Gasteiger partial charge in [0, 0.05) is 19.1 Å². The van der Waals surface area contributed by atoms with Gasteiger partial charge in [0.25, 0.3) is 0 Å². The SMILES string of the molecule is CC(C)C(Br)C(=O)NCCCN1CCCCC1C. The molecule has 0 aliphatic carbocycles. The molecule has 0 saturated carbocycles. The van der Waals surface area contributed by atoms with Gasteiger partial charge in [-0.3, -0.25) is 4.79 Å². The van der Waals surface area contributed by atoms with Crippen molar-refractivity contribution in [3.63, 3.8) is 0 Å². The lowest BCUT2D eigenvalue weighted by Gasteiger charge is -2.33. The second-order valence-corrected chi connectivity index (χ2v) is 6.66. The summed E-state index contributed by atoms with van der Waals surface area (Å²) in [6.07, 6.45) is 5.07. The molecule has 2 atom stereocenters. The highest BCUT2D eigenvalue weighted by Gasteiger charge is 2.19. The largest absolute Gasteiger partial charge is 0.355 e. The topological polar surface area (TPSA) is 32.3 Å². The highest BCUT2D eigenvalue weighted by molar-refractivity contribution is 9.10. The van der Waals surface area contributed by atoms with Gasteiger partial charge in [-0.25, -0.2) is 0 Å². The number of nitrogens with zero attached hydrogens (tertiary/aromatic N) is 1. The van der Waals surface area contributed by atoms with Gasteiger partial charge in [0.2, 0.25) is 5.91 Å².